The maximum absolute atomic E-state index is 11.5. The molecule has 1 aromatic carbocycles. The Balaban J connectivity index is 1.81. The fourth-order valence-corrected chi connectivity index (χ4v) is 2.81. The van der Waals surface area contributed by atoms with Crippen molar-refractivity contribution in [3.8, 4) is 11.3 Å². The van der Waals surface area contributed by atoms with E-state index in [0.29, 0.717) is 12.2 Å². The number of carbonyl (C=O) groups excluding carboxylic acids is 1. The van der Waals surface area contributed by atoms with E-state index in [-0.39, 0.29) is 5.69 Å². The van der Waals surface area contributed by atoms with Crippen molar-refractivity contribution in [2.45, 2.75) is 6.54 Å². The number of benzene rings is 1. The Morgan fingerprint density at radius 1 is 1.27 bits per heavy atom. The van der Waals surface area contributed by atoms with Gasteiger partial charge in [0.15, 0.2) is 11.3 Å². The molecule has 0 radical (unpaired) electrons. The number of fused-ring (bicyclic) bond motifs is 1. The second-order valence-corrected chi connectivity index (χ2v) is 5.99. The number of carbonyl (C=O) groups is 1. The van der Waals surface area contributed by atoms with Crippen molar-refractivity contribution >= 4 is 17.4 Å². The normalized spacial score (nSPS) is 11.0. The molecule has 26 heavy (non-hydrogen) atoms. The van der Waals surface area contributed by atoms with Gasteiger partial charge in [0, 0.05) is 37.5 Å². The molecule has 3 N–H and O–H groups in total. The molecule has 4 rings (SSSR count). The number of aromatic nitrogens is 5. The van der Waals surface area contributed by atoms with Crippen molar-refractivity contribution in [3.63, 3.8) is 0 Å². The first-order valence-electron chi connectivity index (χ1n) is 8.06. The van der Waals surface area contributed by atoms with Crippen LogP contribution in [-0.4, -0.2) is 37.8 Å². The molecule has 0 aliphatic rings. The van der Waals surface area contributed by atoms with Gasteiger partial charge in [-0.2, -0.15) is 10.2 Å². The average Bonchev–Trinajstić information content (AvgIpc) is 3.31. The van der Waals surface area contributed by atoms with Crippen LogP contribution in [0.1, 0.15) is 16.1 Å². The lowest BCUT2D eigenvalue weighted by Gasteiger charge is -2.19. The summed E-state index contributed by atoms with van der Waals surface area (Å²) in [6, 6.07) is 13.6. The lowest BCUT2D eigenvalue weighted by Crippen LogP contribution is -2.18. The molecule has 1 amide bonds. The molecule has 0 bridgehead atoms. The number of hydrogen-bond acceptors (Lipinski definition) is 5. The van der Waals surface area contributed by atoms with Crippen LogP contribution in [0.2, 0.25) is 0 Å². The van der Waals surface area contributed by atoms with Gasteiger partial charge in [-0.25, -0.2) is 9.50 Å². The van der Waals surface area contributed by atoms with E-state index in [2.05, 4.69) is 32.4 Å². The largest absolute Gasteiger partial charge is 0.364 e. The average molecular weight is 347 g/mol. The minimum absolute atomic E-state index is 0.171. The van der Waals surface area contributed by atoms with E-state index < -0.39 is 5.91 Å². The van der Waals surface area contributed by atoms with Crippen LogP contribution in [0.5, 0.6) is 0 Å². The van der Waals surface area contributed by atoms with E-state index in [0.717, 1.165) is 17.1 Å². The zero-order valence-electron chi connectivity index (χ0n) is 14.1. The molecule has 0 saturated heterocycles. The van der Waals surface area contributed by atoms with Gasteiger partial charge < -0.3 is 10.6 Å². The summed E-state index contributed by atoms with van der Waals surface area (Å²) in [6.07, 6.45) is 3.46. The molecule has 0 aliphatic heterocycles. The van der Waals surface area contributed by atoms with E-state index in [9.17, 15) is 4.79 Å². The zero-order valence-corrected chi connectivity index (χ0v) is 14.1. The molecular weight excluding hydrogens is 330 g/mol. The molecule has 0 unspecified atom stereocenters. The molecule has 0 aliphatic carbocycles. The summed E-state index contributed by atoms with van der Waals surface area (Å²) < 4.78 is 1.60. The van der Waals surface area contributed by atoms with Gasteiger partial charge in [-0.15, -0.1) is 0 Å². The molecular formula is C18H17N7O. The summed E-state index contributed by atoms with van der Waals surface area (Å²) in [6.45, 7) is 0.700. The standard InChI is InChI=1S/C18H17N7O/c1-24(11-12-5-3-2-4-6-12)16-8-15(13-9-20-21-10-13)25-17(22-16)7-14(23-25)18(19)26/h2-10H,11H2,1H3,(H2,19,26)(H,20,21). The van der Waals surface area contributed by atoms with Gasteiger partial charge in [0.1, 0.15) is 5.82 Å². The Morgan fingerprint density at radius 2 is 2.08 bits per heavy atom. The van der Waals surface area contributed by atoms with Gasteiger partial charge >= 0.3 is 0 Å². The van der Waals surface area contributed by atoms with E-state index in [1.807, 2.05) is 36.2 Å². The highest BCUT2D eigenvalue weighted by Crippen LogP contribution is 2.25. The number of primary amides is 1. The molecule has 0 saturated carbocycles. The van der Waals surface area contributed by atoms with Gasteiger partial charge in [0.2, 0.25) is 0 Å². The Hall–Kier alpha value is -3.68. The SMILES string of the molecule is CN(Cc1ccccc1)c1cc(-c2cn[nH]c2)n2nc(C(N)=O)cc2n1. The van der Waals surface area contributed by atoms with Crippen LogP contribution in [0.15, 0.2) is 54.9 Å². The molecule has 8 heteroatoms. The minimum Gasteiger partial charge on any atom is -0.364 e. The summed E-state index contributed by atoms with van der Waals surface area (Å²) in [5.74, 6) is 0.168. The number of nitrogens with two attached hydrogens (primary N) is 1. The van der Waals surface area contributed by atoms with Crippen molar-refractivity contribution in [1.29, 1.82) is 0 Å². The summed E-state index contributed by atoms with van der Waals surface area (Å²) >= 11 is 0. The van der Waals surface area contributed by atoms with Crippen LogP contribution >= 0.6 is 0 Å². The highest BCUT2D eigenvalue weighted by Gasteiger charge is 2.16. The van der Waals surface area contributed by atoms with Gasteiger partial charge in [0.25, 0.3) is 5.91 Å². The number of hydrogen-bond donors (Lipinski definition) is 2. The maximum atomic E-state index is 11.5. The second kappa shape index (κ2) is 6.32. The van der Waals surface area contributed by atoms with Crippen LogP contribution in [0.4, 0.5) is 5.82 Å². The molecule has 130 valence electrons. The quantitative estimate of drug-likeness (QED) is 0.573. The minimum atomic E-state index is -0.590. The summed E-state index contributed by atoms with van der Waals surface area (Å²) in [5.41, 5.74) is 8.88. The fraction of sp³-hybridized carbons (Fsp3) is 0.111. The Morgan fingerprint density at radius 3 is 2.77 bits per heavy atom. The van der Waals surface area contributed by atoms with Gasteiger partial charge in [-0.3, -0.25) is 9.89 Å². The summed E-state index contributed by atoms with van der Waals surface area (Å²) in [7, 11) is 1.97. The van der Waals surface area contributed by atoms with Crippen LogP contribution in [0.3, 0.4) is 0 Å². The molecule has 3 heterocycles. The summed E-state index contributed by atoms with van der Waals surface area (Å²) in [5, 5.41) is 11.1. The molecule has 0 fully saturated rings. The molecule has 3 aromatic heterocycles. The third-order valence-corrected chi connectivity index (χ3v) is 4.11. The van der Waals surface area contributed by atoms with Crippen LogP contribution in [0.25, 0.3) is 16.9 Å². The number of nitrogens with one attached hydrogen (secondary N) is 1. The zero-order chi connectivity index (χ0) is 18.1. The molecule has 8 nitrogen and oxygen atoms in total. The van der Waals surface area contributed by atoms with E-state index in [1.165, 1.54) is 5.56 Å². The number of amides is 1. The smallest absolute Gasteiger partial charge is 0.269 e. The van der Waals surface area contributed by atoms with Crippen LogP contribution in [-0.2, 0) is 6.54 Å². The topological polar surface area (TPSA) is 105 Å². The third-order valence-electron chi connectivity index (χ3n) is 4.11. The van der Waals surface area contributed by atoms with Crippen LogP contribution < -0.4 is 10.6 Å². The van der Waals surface area contributed by atoms with Gasteiger partial charge in [0.05, 0.1) is 11.9 Å². The third kappa shape index (κ3) is 2.88. The second-order valence-electron chi connectivity index (χ2n) is 5.99. The highest BCUT2D eigenvalue weighted by atomic mass is 16.1. The Kier molecular flexibility index (Phi) is 3.85. The number of H-pyrrole nitrogens is 1. The van der Waals surface area contributed by atoms with E-state index >= 15 is 0 Å². The summed E-state index contributed by atoms with van der Waals surface area (Å²) in [4.78, 5) is 18.2. The van der Waals surface area contributed by atoms with Crippen molar-refractivity contribution in [1.82, 2.24) is 24.8 Å². The number of nitrogens with zero attached hydrogens (tertiary/aromatic N) is 5. The number of anilines is 1. The number of aromatic amines is 1. The van der Waals surface area contributed by atoms with Crippen molar-refractivity contribution in [2.24, 2.45) is 5.73 Å². The first-order chi connectivity index (χ1) is 12.6. The van der Waals surface area contributed by atoms with Crippen molar-refractivity contribution in [3.05, 3.63) is 66.1 Å². The first-order valence-corrected chi connectivity index (χ1v) is 8.06. The van der Waals surface area contributed by atoms with Crippen molar-refractivity contribution < 1.29 is 4.79 Å². The lowest BCUT2D eigenvalue weighted by molar-refractivity contribution is 0.0995. The first kappa shape index (κ1) is 15.8. The van der Waals surface area contributed by atoms with Crippen molar-refractivity contribution in [2.75, 3.05) is 11.9 Å². The van der Waals surface area contributed by atoms with Gasteiger partial charge in [-0.1, -0.05) is 30.3 Å². The highest BCUT2D eigenvalue weighted by molar-refractivity contribution is 5.92. The Bertz CT molecular complexity index is 1050. The lowest BCUT2D eigenvalue weighted by atomic mass is 10.2. The monoisotopic (exact) mass is 347 g/mol. The number of rotatable bonds is 5. The predicted molar refractivity (Wildman–Crippen MR) is 97.6 cm³/mol. The molecule has 4 aromatic rings. The Labute approximate surface area is 149 Å². The van der Waals surface area contributed by atoms with Crippen LogP contribution in [0, 0.1) is 0 Å². The van der Waals surface area contributed by atoms with E-state index in [1.54, 1.807) is 23.0 Å². The maximum Gasteiger partial charge on any atom is 0.269 e. The molecule has 0 atom stereocenters. The molecule has 0 spiro atoms. The predicted octanol–water partition coefficient (Wildman–Crippen LogP) is 1.85. The van der Waals surface area contributed by atoms with E-state index in [4.69, 9.17) is 5.73 Å². The van der Waals surface area contributed by atoms with Gasteiger partial charge in [-0.05, 0) is 5.56 Å². The fourth-order valence-electron chi connectivity index (χ4n) is 2.81.